The topological polar surface area (TPSA) is 50.9 Å². The fraction of sp³-hybridized carbons (Fsp3) is 0.200. The van der Waals surface area contributed by atoms with Gasteiger partial charge in [0.1, 0.15) is 11.6 Å². The van der Waals surface area contributed by atoms with E-state index in [2.05, 4.69) is 148 Å². The number of nitrogens with zero attached hydrogens (tertiary/aromatic N) is 3. The van der Waals surface area contributed by atoms with Crippen molar-refractivity contribution in [1.82, 2.24) is 14.5 Å². The summed E-state index contributed by atoms with van der Waals surface area (Å²) < 4.78 is 2.24. The molecule has 0 aliphatic carbocycles. The molecule has 0 unspecified atom stereocenters. The van der Waals surface area contributed by atoms with Crippen LogP contribution in [0.5, 0.6) is 5.75 Å². The Kier molecular flexibility index (Phi) is 9.71. The molecule has 0 saturated carbocycles. The summed E-state index contributed by atoms with van der Waals surface area (Å²) in [6.45, 7) is 13.1. The third-order valence-electron chi connectivity index (χ3n) is 9.19. The van der Waals surface area contributed by atoms with E-state index in [-0.39, 0.29) is 37.6 Å². The molecule has 0 spiro atoms. The van der Waals surface area contributed by atoms with Crippen LogP contribution in [0.1, 0.15) is 63.8 Å². The van der Waals surface area contributed by atoms with E-state index in [1.165, 1.54) is 5.56 Å². The summed E-state index contributed by atoms with van der Waals surface area (Å²) >= 11 is 0. The largest absolute Gasteiger partial charge is 0.507 e. The molecule has 2 aromatic heterocycles. The van der Waals surface area contributed by atoms with Crippen molar-refractivity contribution in [2.24, 2.45) is 0 Å². The molecule has 5 heteroatoms. The van der Waals surface area contributed by atoms with Crippen LogP contribution in [-0.4, -0.2) is 19.6 Å². The number of hydrogen-bond donors (Lipinski definition) is 1. The summed E-state index contributed by atoms with van der Waals surface area (Å²) in [6, 6.07) is 45.4. The number of phenolic OH excluding ortho intramolecular Hbond substituents is 1. The molecule has 0 bridgehead atoms. The Balaban J connectivity index is 0.00000432. The summed E-state index contributed by atoms with van der Waals surface area (Å²) in [7, 11) is 0. The Hall–Kier alpha value is -4.79. The molecule has 0 radical (unpaired) electrons. The van der Waals surface area contributed by atoms with Gasteiger partial charge in [-0.15, -0.1) is 29.8 Å². The molecular formula is C45H42N3OPt-. The number of hydrogen-bond acceptors (Lipinski definition) is 3. The first-order valence-electron chi connectivity index (χ1n) is 16.9. The predicted octanol–water partition coefficient (Wildman–Crippen LogP) is 11.1. The summed E-state index contributed by atoms with van der Waals surface area (Å²) in [6.07, 6.45) is 2.54. The molecule has 7 rings (SSSR count). The van der Waals surface area contributed by atoms with Crippen molar-refractivity contribution >= 4 is 11.0 Å². The van der Waals surface area contributed by atoms with Gasteiger partial charge < -0.3 is 5.11 Å². The number of phenols is 1. The molecule has 0 amide bonds. The summed E-state index contributed by atoms with van der Waals surface area (Å²) in [5, 5.41) is 12.2. The molecule has 0 saturated heterocycles. The quantitative estimate of drug-likeness (QED) is 0.170. The minimum Gasteiger partial charge on any atom is -0.507 e. The van der Waals surface area contributed by atoms with Gasteiger partial charge in [0.15, 0.2) is 0 Å². The minimum atomic E-state index is -0.284. The van der Waals surface area contributed by atoms with Gasteiger partial charge in [-0.25, -0.2) is 4.98 Å². The summed E-state index contributed by atoms with van der Waals surface area (Å²) in [4.78, 5) is 10.1. The third kappa shape index (κ3) is 6.82. The van der Waals surface area contributed by atoms with Crippen LogP contribution in [0.25, 0.3) is 50.5 Å². The normalized spacial score (nSPS) is 11.8. The molecule has 7 aromatic rings. The molecule has 0 atom stereocenters. The van der Waals surface area contributed by atoms with E-state index in [0.717, 1.165) is 67.8 Å². The van der Waals surface area contributed by atoms with Crippen LogP contribution in [-0.2, 0) is 38.3 Å². The molecule has 254 valence electrons. The molecule has 0 aliphatic rings. The number of fused-ring (bicyclic) bond motifs is 1. The average molecular weight is 836 g/mol. The van der Waals surface area contributed by atoms with Gasteiger partial charge in [0.25, 0.3) is 0 Å². The van der Waals surface area contributed by atoms with Gasteiger partial charge in [-0.2, -0.15) is 0 Å². The van der Waals surface area contributed by atoms with Crippen LogP contribution in [0, 0.1) is 6.07 Å². The zero-order valence-corrected chi connectivity index (χ0v) is 31.7. The molecule has 4 nitrogen and oxygen atoms in total. The van der Waals surface area contributed by atoms with Gasteiger partial charge in [-0.1, -0.05) is 132 Å². The van der Waals surface area contributed by atoms with Gasteiger partial charge in [0.2, 0.25) is 0 Å². The maximum absolute atomic E-state index is 12.2. The maximum Gasteiger partial charge on any atom is 0.148 e. The number of benzene rings is 5. The van der Waals surface area contributed by atoms with Crippen molar-refractivity contribution in [1.29, 1.82) is 0 Å². The van der Waals surface area contributed by atoms with Crippen LogP contribution >= 0.6 is 0 Å². The van der Waals surface area contributed by atoms with Crippen LogP contribution in [0.2, 0.25) is 0 Å². The third-order valence-corrected chi connectivity index (χ3v) is 9.19. The van der Waals surface area contributed by atoms with Gasteiger partial charge in [-0.3, -0.25) is 9.55 Å². The smallest absolute Gasteiger partial charge is 0.148 e. The average Bonchev–Trinajstić information content (AvgIpc) is 3.50. The Labute approximate surface area is 310 Å². The maximum atomic E-state index is 12.2. The Morgan fingerprint density at radius 3 is 2.02 bits per heavy atom. The van der Waals surface area contributed by atoms with E-state index in [1.807, 2.05) is 36.5 Å². The van der Waals surface area contributed by atoms with Crippen LogP contribution < -0.4 is 0 Å². The zero-order chi connectivity index (χ0) is 34.3. The zero-order valence-electron chi connectivity index (χ0n) is 29.4. The summed E-state index contributed by atoms with van der Waals surface area (Å²) in [5.74, 6) is 0.973. The number of para-hydroxylation sites is 1. The standard InChI is InChI=1S/C45H42N3O.Pt/c1-44(2,3)34-28-37(42(49)38(29-34)45(4,5)6)43-47-40-36(31-18-15-19-32(27-31)39-22-13-14-25-46-39)24-23-33(26-30-16-9-7-10-17-30)41(40)48(43)35-20-11-8-12-21-35;/h7-25,28-29,49H,26H2,1-6H3;/q-1;. The monoisotopic (exact) mass is 835 g/mol. The van der Waals surface area contributed by atoms with Crippen molar-refractivity contribution in [3.63, 3.8) is 0 Å². The van der Waals surface area contributed by atoms with Crippen molar-refractivity contribution in [3.05, 3.63) is 156 Å². The van der Waals surface area contributed by atoms with Crippen LogP contribution in [0.4, 0.5) is 0 Å². The van der Waals surface area contributed by atoms with Crippen molar-refractivity contribution in [2.75, 3.05) is 0 Å². The first kappa shape index (κ1) is 35.0. The van der Waals surface area contributed by atoms with E-state index in [1.54, 1.807) is 0 Å². The molecular weight excluding hydrogens is 794 g/mol. The van der Waals surface area contributed by atoms with Gasteiger partial charge in [0, 0.05) is 44.2 Å². The molecule has 1 N–H and O–H groups in total. The van der Waals surface area contributed by atoms with Crippen LogP contribution in [0.3, 0.4) is 0 Å². The second kappa shape index (κ2) is 13.8. The second-order valence-electron chi connectivity index (χ2n) is 14.9. The number of aromatic hydroxyl groups is 1. The van der Waals surface area contributed by atoms with Crippen molar-refractivity contribution < 1.29 is 26.2 Å². The van der Waals surface area contributed by atoms with E-state index < -0.39 is 0 Å². The van der Waals surface area contributed by atoms with E-state index >= 15 is 0 Å². The van der Waals surface area contributed by atoms with Gasteiger partial charge in [0.05, 0.1) is 16.6 Å². The van der Waals surface area contributed by atoms with E-state index in [4.69, 9.17) is 4.98 Å². The SMILES string of the molecule is CC(C)(C)c1cc(-c2nc3c(-c4[c-]c(-c5ccccn5)ccc4)ccc(Cc4ccccc4)c3n2-c2ccccc2)c(O)c(C(C)(C)C)c1.[Pt]. The summed E-state index contributed by atoms with van der Waals surface area (Å²) in [5.41, 5.74) is 11.3. The first-order valence-corrected chi connectivity index (χ1v) is 16.9. The molecule has 0 fully saturated rings. The number of pyridine rings is 1. The Morgan fingerprint density at radius 1 is 0.680 bits per heavy atom. The first-order chi connectivity index (χ1) is 23.5. The Bertz CT molecular complexity index is 2260. The fourth-order valence-corrected chi connectivity index (χ4v) is 6.54. The van der Waals surface area contributed by atoms with Gasteiger partial charge in [-0.05, 0) is 58.2 Å². The fourth-order valence-electron chi connectivity index (χ4n) is 6.54. The Morgan fingerprint density at radius 2 is 1.36 bits per heavy atom. The second-order valence-corrected chi connectivity index (χ2v) is 14.9. The minimum absolute atomic E-state index is 0. The van der Waals surface area contributed by atoms with Crippen molar-refractivity contribution in [2.45, 2.75) is 58.8 Å². The van der Waals surface area contributed by atoms with Gasteiger partial charge >= 0.3 is 0 Å². The molecule has 5 aromatic carbocycles. The number of rotatable bonds is 6. The number of imidazole rings is 1. The number of aromatic nitrogens is 3. The molecule has 2 heterocycles. The predicted molar refractivity (Wildman–Crippen MR) is 202 cm³/mol. The van der Waals surface area contributed by atoms with Crippen LogP contribution in [0.15, 0.2) is 128 Å². The van der Waals surface area contributed by atoms with E-state index in [9.17, 15) is 5.11 Å². The van der Waals surface area contributed by atoms with Crippen molar-refractivity contribution in [3.8, 4) is 45.2 Å². The molecule has 0 aliphatic heterocycles. The van der Waals surface area contributed by atoms with E-state index in [0.29, 0.717) is 5.82 Å². The molecule has 50 heavy (non-hydrogen) atoms.